The van der Waals surface area contributed by atoms with Crippen LogP contribution in [0.4, 0.5) is 18.9 Å². The Morgan fingerprint density at radius 3 is 2.35 bits per heavy atom. The summed E-state index contributed by atoms with van der Waals surface area (Å²) in [5.74, 6) is -0.792. The monoisotopic (exact) mass is 248 g/mol. The summed E-state index contributed by atoms with van der Waals surface area (Å²) in [6.07, 6.45) is -4.75. The Kier molecular flexibility index (Phi) is 3.47. The minimum atomic E-state index is -4.75. The lowest BCUT2D eigenvalue weighted by atomic mass is 10.1. The average molecular weight is 248 g/mol. The number of nitro benzene ring substituents is 1. The Morgan fingerprint density at radius 2 is 1.94 bits per heavy atom. The Labute approximate surface area is 93.2 Å². The topological polar surface area (TPSA) is 86.2 Å². The molecule has 0 atom stereocenters. The fourth-order valence-electron chi connectivity index (χ4n) is 1.16. The van der Waals surface area contributed by atoms with E-state index in [-0.39, 0.29) is 0 Å². The molecule has 0 saturated carbocycles. The Balaban J connectivity index is 3.39. The largest absolute Gasteiger partial charge is 0.416 e. The van der Waals surface area contributed by atoms with Gasteiger partial charge in [-0.2, -0.15) is 13.2 Å². The van der Waals surface area contributed by atoms with Gasteiger partial charge >= 0.3 is 6.18 Å². The molecule has 0 fully saturated rings. The van der Waals surface area contributed by atoms with Crippen molar-refractivity contribution in [1.29, 1.82) is 0 Å². The van der Waals surface area contributed by atoms with E-state index in [0.717, 1.165) is 6.07 Å². The number of Topliss-reactive ketones (excluding diaryl/α,β-unsaturated/α-hetero) is 1. The second kappa shape index (κ2) is 4.50. The van der Waals surface area contributed by atoms with Gasteiger partial charge in [-0.1, -0.05) is 0 Å². The molecule has 0 aliphatic rings. The third kappa shape index (κ3) is 3.00. The molecule has 0 spiro atoms. The number of halogens is 3. The molecule has 0 radical (unpaired) electrons. The van der Waals surface area contributed by atoms with Crippen molar-refractivity contribution in [3.05, 3.63) is 39.4 Å². The SMILES string of the molecule is NCC(=O)c1cc([N+](=O)[O-])cc(C(F)(F)F)c1. The summed E-state index contributed by atoms with van der Waals surface area (Å²) in [7, 11) is 0. The van der Waals surface area contributed by atoms with E-state index >= 15 is 0 Å². The summed E-state index contributed by atoms with van der Waals surface area (Å²) in [5.41, 5.74) is 2.52. The number of ketones is 1. The number of benzene rings is 1. The van der Waals surface area contributed by atoms with Crippen LogP contribution in [0.3, 0.4) is 0 Å². The molecule has 0 amide bonds. The second-order valence-electron chi connectivity index (χ2n) is 3.15. The van der Waals surface area contributed by atoms with Gasteiger partial charge in [0.25, 0.3) is 5.69 Å². The van der Waals surface area contributed by atoms with Gasteiger partial charge in [-0.05, 0) is 6.07 Å². The van der Waals surface area contributed by atoms with E-state index < -0.39 is 40.2 Å². The van der Waals surface area contributed by atoms with Crippen LogP contribution in [0.15, 0.2) is 18.2 Å². The van der Waals surface area contributed by atoms with Crippen LogP contribution < -0.4 is 5.73 Å². The first kappa shape index (κ1) is 13.1. The summed E-state index contributed by atoms with van der Waals surface area (Å²) in [6.45, 7) is -0.515. The first-order valence-electron chi connectivity index (χ1n) is 4.35. The maximum atomic E-state index is 12.4. The highest BCUT2D eigenvalue weighted by molar-refractivity contribution is 5.98. The number of rotatable bonds is 3. The highest BCUT2D eigenvalue weighted by atomic mass is 19.4. The molecular weight excluding hydrogens is 241 g/mol. The number of hydrogen-bond donors (Lipinski definition) is 1. The van der Waals surface area contributed by atoms with Crippen LogP contribution in [-0.2, 0) is 6.18 Å². The van der Waals surface area contributed by atoms with Crippen molar-refractivity contribution in [3.63, 3.8) is 0 Å². The van der Waals surface area contributed by atoms with E-state index in [2.05, 4.69) is 0 Å². The average Bonchev–Trinajstić information content (AvgIpc) is 2.26. The van der Waals surface area contributed by atoms with Gasteiger partial charge in [0.2, 0.25) is 0 Å². The van der Waals surface area contributed by atoms with Crippen LogP contribution in [-0.4, -0.2) is 17.3 Å². The zero-order chi connectivity index (χ0) is 13.2. The molecule has 8 heteroatoms. The first-order valence-corrected chi connectivity index (χ1v) is 4.35. The number of nitrogens with two attached hydrogens (primary N) is 1. The van der Waals surface area contributed by atoms with E-state index in [9.17, 15) is 28.1 Å². The zero-order valence-corrected chi connectivity index (χ0v) is 8.32. The fraction of sp³-hybridized carbons (Fsp3) is 0.222. The van der Waals surface area contributed by atoms with Crippen LogP contribution in [0.5, 0.6) is 0 Å². The van der Waals surface area contributed by atoms with Crippen LogP contribution in [0.1, 0.15) is 15.9 Å². The number of nitrogens with zero attached hydrogens (tertiary/aromatic N) is 1. The highest BCUT2D eigenvalue weighted by Crippen LogP contribution is 2.32. The number of carbonyl (C=O) groups is 1. The minimum absolute atomic E-state index is 0.368. The Bertz CT molecular complexity index is 471. The van der Waals surface area contributed by atoms with Gasteiger partial charge in [-0.15, -0.1) is 0 Å². The third-order valence-corrected chi connectivity index (χ3v) is 1.96. The molecule has 1 aromatic rings. The predicted octanol–water partition coefficient (Wildman–Crippen LogP) is 1.75. The van der Waals surface area contributed by atoms with Gasteiger partial charge in [0, 0.05) is 17.7 Å². The van der Waals surface area contributed by atoms with E-state index in [1.54, 1.807) is 0 Å². The number of alkyl halides is 3. The van der Waals surface area contributed by atoms with E-state index in [1.807, 2.05) is 0 Å². The standard InChI is InChI=1S/C9H7F3N2O3/c10-9(11,12)6-1-5(8(15)4-13)2-7(3-6)14(16)17/h1-3H,4,13H2. The molecule has 1 aromatic carbocycles. The first-order chi connectivity index (χ1) is 7.75. The van der Waals surface area contributed by atoms with Crippen LogP contribution >= 0.6 is 0 Å². The van der Waals surface area contributed by atoms with Crippen LogP contribution in [0.2, 0.25) is 0 Å². The summed E-state index contributed by atoms with van der Waals surface area (Å²) in [4.78, 5) is 20.6. The maximum absolute atomic E-state index is 12.4. The molecule has 0 aliphatic heterocycles. The van der Waals surface area contributed by atoms with Gasteiger partial charge in [0.15, 0.2) is 5.78 Å². The molecule has 0 saturated heterocycles. The molecule has 5 nitrogen and oxygen atoms in total. The van der Waals surface area contributed by atoms with Crippen molar-refractivity contribution >= 4 is 11.5 Å². The van der Waals surface area contributed by atoms with Crippen molar-refractivity contribution in [1.82, 2.24) is 0 Å². The number of carbonyl (C=O) groups excluding carboxylic acids is 1. The number of non-ortho nitro benzene ring substituents is 1. The quantitative estimate of drug-likeness (QED) is 0.501. The van der Waals surface area contributed by atoms with Crippen molar-refractivity contribution in [2.45, 2.75) is 6.18 Å². The third-order valence-electron chi connectivity index (χ3n) is 1.96. The summed E-state index contributed by atoms with van der Waals surface area (Å²) in [6, 6.07) is 1.68. The second-order valence-corrected chi connectivity index (χ2v) is 3.15. The van der Waals surface area contributed by atoms with Gasteiger partial charge in [0.1, 0.15) is 0 Å². The van der Waals surface area contributed by atoms with Crippen molar-refractivity contribution < 1.29 is 22.9 Å². The van der Waals surface area contributed by atoms with Crippen molar-refractivity contribution in [2.24, 2.45) is 5.73 Å². The molecule has 17 heavy (non-hydrogen) atoms. The predicted molar refractivity (Wildman–Crippen MR) is 51.5 cm³/mol. The van der Waals surface area contributed by atoms with Gasteiger partial charge in [0.05, 0.1) is 17.0 Å². The lowest BCUT2D eigenvalue weighted by Gasteiger charge is -2.08. The normalized spacial score (nSPS) is 11.3. The summed E-state index contributed by atoms with van der Waals surface area (Å²) >= 11 is 0. The zero-order valence-electron chi connectivity index (χ0n) is 8.32. The smallest absolute Gasteiger partial charge is 0.324 e. The molecule has 0 unspecified atom stereocenters. The van der Waals surface area contributed by atoms with E-state index in [0.29, 0.717) is 12.1 Å². The molecular formula is C9H7F3N2O3. The molecule has 0 aromatic heterocycles. The van der Waals surface area contributed by atoms with E-state index in [1.165, 1.54) is 0 Å². The van der Waals surface area contributed by atoms with Crippen LogP contribution in [0, 0.1) is 10.1 Å². The lowest BCUT2D eigenvalue weighted by molar-refractivity contribution is -0.385. The van der Waals surface area contributed by atoms with Gasteiger partial charge < -0.3 is 5.73 Å². The van der Waals surface area contributed by atoms with Crippen LogP contribution in [0.25, 0.3) is 0 Å². The highest BCUT2D eigenvalue weighted by Gasteiger charge is 2.33. The maximum Gasteiger partial charge on any atom is 0.416 e. The summed E-state index contributed by atoms with van der Waals surface area (Å²) < 4.78 is 37.2. The summed E-state index contributed by atoms with van der Waals surface area (Å²) in [5, 5.41) is 10.4. The van der Waals surface area contributed by atoms with E-state index in [4.69, 9.17) is 5.73 Å². The molecule has 2 N–H and O–H groups in total. The Hall–Kier alpha value is -1.96. The van der Waals surface area contributed by atoms with Gasteiger partial charge in [-0.3, -0.25) is 14.9 Å². The van der Waals surface area contributed by atoms with Gasteiger partial charge in [-0.25, -0.2) is 0 Å². The molecule has 92 valence electrons. The molecule has 0 heterocycles. The Morgan fingerprint density at radius 1 is 1.35 bits per heavy atom. The minimum Gasteiger partial charge on any atom is -0.324 e. The lowest BCUT2D eigenvalue weighted by Crippen LogP contribution is -2.15. The van der Waals surface area contributed by atoms with Crippen molar-refractivity contribution in [3.8, 4) is 0 Å². The number of nitro groups is 1. The fourth-order valence-corrected chi connectivity index (χ4v) is 1.16. The molecule has 0 aliphatic carbocycles. The number of hydrogen-bond acceptors (Lipinski definition) is 4. The molecule has 1 rings (SSSR count). The van der Waals surface area contributed by atoms with Crippen molar-refractivity contribution in [2.75, 3.05) is 6.54 Å². The molecule has 0 bridgehead atoms.